The number of carbonyl (C=O) groups excluding carboxylic acids is 1. The normalized spacial score (nSPS) is 14.6. The van der Waals surface area contributed by atoms with Gasteiger partial charge in [0.05, 0.1) is 26.8 Å². The molecule has 0 aliphatic carbocycles. The lowest BCUT2D eigenvalue weighted by Crippen LogP contribution is -2.34. The highest BCUT2D eigenvalue weighted by molar-refractivity contribution is 6.38. The number of fused-ring (bicyclic) bond motifs is 1. The van der Waals surface area contributed by atoms with E-state index >= 15 is 0 Å². The number of aromatic amines is 1. The summed E-state index contributed by atoms with van der Waals surface area (Å²) in [5.41, 5.74) is 2.36. The van der Waals surface area contributed by atoms with Crippen LogP contribution in [0.4, 0.5) is 5.69 Å². The van der Waals surface area contributed by atoms with E-state index in [4.69, 9.17) is 23.2 Å². The van der Waals surface area contributed by atoms with Crippen LogP contribution < -0.4 is 21.9 Å². The Hall–Kier alpha value is -3.34. The largest absolute Gasteiger partial charge is 0.439 e. The van der Waals surface area contributed by atoms with Crippen molar-refractivity contribution in [2.75, 3.05) is 18.4 Å². The van der Waals surface area contributed by atoms with Gasteiger partial charge in [0.1, 0.15) is 0 Å². The second-order valence-corrected chi connectivity index (χ2v) is 8.48. The molecule has 170 valence electrons. The summed E-state index contributed by atoms with van der Waals surface area (Å²) in [5, 5.41) is 9.79. The quantitative estimate of drug-likeness (QED) is 0.405. The number of hydrogen-bond acceptors (Lipinski definition) is 6. The standard InChI is InChI=1S/C21H18Cl2N6O4/c22-13-9-11(25-20(31)19-26-21(32)33-27-19)10-14(23)18(13)28-8-5-16-15(28)1-2-17(30)29(16)12-3-6-24-7-4-12/h1-2,5,8-10,12,24H,3-4,6-7H2,(H,25,31)(H,26,27,32). The van der Waals surface area contributed by atoms with Gasteiger partial charge in [-0.1, -0.05) is 23.2 Å². The summed E-state index contributed by atoms with van der Waals surface area (Å²) < 4.78 is 7.99. The molecule has 3 aromatic heterocycles. The first-order valence-corrected chi connectivity index (χ1v) is 11.0. The maximum absolute atomic E-state index is 12.7. The minimum atomic E-state index is -0.839. The number of amides is 1. The van der Waals surface area contributed by atoms with Gasteiger partial charge in [0.25, 0.3) is 11.5 Å². The third kappa shape index (κ3) is 3.97. The molecule has 0 spiro atoms. The Bertz CT molecular complexity index is 1450. The van der Waals surface area contributed by atoms with Crippen molar-refractivity contribution in [3.05, 3.63) is 73.3 Å². The second-order valence-electron chi connectivity index (χ2n) is 7.67. The molecule has 4 heterocycles. The maximum atomic E-state index is 12.7. The van der Waals surface area contributed by atoms with Gasteiger partial charge in [-0.2, -0.15) is 0 Å². The summed E-state index contributed by atoms with van der Waals surface area (Å²) >= 11 is 13.1. The zero-order valence-corrected chi connectivity index (χ0v) is 18.6. The summed E-state index contributed by atoms with van der Waals surface area (Å²) in [6.07, 6.45) is 3.56. The van der Waals surface area contributed by atoms with Gasteiger partial charge in [-0.3, -0.25) is 19.1 Å². The van der Waals surface area contributed by atoms with Crippen molar-refractivity contribution < 1.29 is 9.32 Å². The number of benzene rings is 1. The first-order valence-electron chi connectivity index (χ1n) is 10.2. The molecular weight excluding hydrogens is 471 g/mol. The average Bonchev–Trinajstić information content (AvgIpc) is 3.40. The summed E-state index contributed by atoms with van der Waals surface area (Å²) in [7, 11) is 0. The fourth-order valence-electron chi connectivity index (χ4n) is 4.18. The lowest BCUT2D eigenvalue weighted by atomic mass is 10.1. The molecule has 1 aliphatic heterocycles. The number of rotatable bonds is 4. The highest BCUT2D eigenvalue weighted by Crippen LogP contribution is 2.35. The van der Waals surface area contributed by atoms with Crippen LogP contribution in [0, 0.1) is 0 Å². The van der Waals surface area contributed by atoms with Crippen LogP contribution in [0.2, 0.25) is 10.0 Å². The predicted molar refractivity (Wildman–Crippen MR) is 124 cm³/mol. The molecule has 3 N–H and O–H groups in total. The number of nitrogens with one attached hydrogen (secondary N) is 3. The Morgan fingerprint density at radius 1 is 1.09 bits per heavy atom. The molecule has 0 saturated carbocycles. The molecule has 1 aromatic carbocycles. The minimum Gasteiger partial charge on any atom is -0.319 e. The number of nitrogens with zero attached hydrogens (tertiary/aromatic N) is 3. The molecule has 1 amide bonds. The smallest absolute Gasteiger partial charge is 0.319 e. The topological polar surface area (TPSA) is 127 Å². The fourth-order valence-corrected chi connectivity index (χ4v) is 4.84. The van der Waals surface area contributed by atoms with Gasteiger partial charge in [0.15, 0.2) is 0 Å². The van der Waals surface area contributed by atoms with Crippen LogP contribution in [0.25, 0.3) is 16.7 Å². The van der Waals surface area contributed by atoms with Crippen LogP contribution in [0.5, 0.6) is 0 Å². The highest BCUT2D eigenvalue weighted by Gasteiger charge is 2.21. The van der Waals surface area contributed by atoms with Crippen LogP contribution in [-0.4, -0.2) is 38.3 Å². The van der Waals surface area contributed by atoms with E-state index < -0.39 is 11.7 Å². The molecule has 12 heteroatoms. The molecule has 0 unspecified atom stereocenters. The van der Waals surface area contributed by atoms with E-state index in [-0.39, 0.29) is 27.5 Å². The number of H-pyrrole nitrogens is 1. The number of halogens is 2. The highest BCUT2D eigenvalue weighted by atomic mass is 35.5. The van der Waals surface area contributed by atoms with E-state index in [1.807, 2.05) is 21.4 Å². The van der Waals surface area contributed by atoms with Gasteiger partial charge in [-0.05, 0) is 55.4 Å². The van der Waals surface area contributed by atoms with E-state index in [2.05, 4.69) is 25.3 Å². The molecule has 4 aromatic rings. The first kappa shape index (κ1) is 21.5. The van der Waals surface area contributed by atoms with Gasteiger partial charge >= 0.3 is 5.76 Å². The number of hydrogen-bond donors (Lipinski definition) is 3. The van der Waals surface area contributed by atoms with Gasteiger partial charge in [0.2, 0.25) is 5.82 Å². The Balaban J connectivity index is 1.53. The Morgan fingerprint density at radius 2 is 1.82 bits per heavy atom. The van der Waals surface area contributed by atoms with Crippen LogP contribution in [0.3, 0.4) is 0 Å². The van der Waals surface area contributed by atoms with E-state index in [1.165, 1.54) is 12.1 Å². The van der Waals surface area contributed by atoms with Crippen molar-refractivity contribution in [2.45, 2.75) is 18.9 Å². The summed E-state index contributed by atoms with van der Waals surface area (Å²) in [5.74, 6) is -1.80. The molecule has 33 heavy (non-hydrogen) atoms. The SMILES string of the molecule is O=C(Nc1cc(Cl)c(-n2ccc3c2ccc(=O)n3C2CCNCC2)c(Cl)c1)c1noc(=O)[nH]1. The van der Waals surface area contributed by atoms with Crippen molar-refractivity contribution in [2.24, 2.45) is 0 Å². The molecule has 0 radical (unpaired) electrons. The number of pyridine rings is 1. The minimum absolute atomic E-state index is 0.0479. The molecule has 1 fully saturated rings. The van der Waals surface area contributed by atoms with E-state index in [9.17, 15) is 14.4 Å². The van der Waals surface area contributed by atoms with Crippen molar-refractivity contribution in [1.29, 1.82) is 0 Å². The molecule has 0 atom stereocenters. The molecular formula is C21H18Cl2N6O4. The van der Waals surface area contributed by atoms with Crippen LogP contribution >= 0.6 is 23.2 Å². The van der Waals surface area contributed by atoms with Crippen molar-refractivity contribution >= 4 is 45.8 Å². The Labute approximate surface area is 196 Å². The molecule has 10 nitrogen and oxygen atoms in total. The third-order valence-corrected chi connectivity index (χ3v) is 6.21. The van der Waals surface area contributed by atoms with Crippen LogP contribution in [0.1, 0.15) is 29.5 Å². The number of anilines is 1. The Kier molecular flexibility index (Phi) is 5.57. The molecule has 1 aliphatic rings. The summed E-state index contributed by atoms with van der Waals surface area (Å²) in [6.45, 7) is 1.72. The zero-order valence-electron chi connectivity index (χ0n) is 17.1. The van der Waals surface area contributed by atoms with E-state index in [1.54, 1.807) is 12.1 Å². The third-order valence-electron chi connectivity index (χ3n) is 5.63. The van der Waals surface area contributed by atoms with Gasteiger partial charge in [-0.15, -0.1) is 0 Å². The second kappa shape index (κ2) is 8.54. The van der Waals surface area contributed by atoms with E-state index in [0.717, 1.165) is 37.0 Å². The monoisotopic (exact) mass is 488 g/mol. The van der Waals surface area contributed by atoms with Crippen molar-refractivity contribution in [1.82, 2.24) is 24.6 Å². The van der Waals surface area contributed by atoms with E-state index in [0.29, 0.717) is 11.4 Å². The number of aromatic nitrogens is 4. The molecule has 0 bridgehead atoms. The van der Waals surface area contributed by atoms with Gasteiger partial charge in [-0.25, -0.2) is 4.79 Å². The van der Waals surface area contributed by atoms with Crippen LogP contribution in [-0.2, 0) is 0 Å². The fraction of sp³-hybridized carbons (Fsp3) is 0.238. The number of piperidine rings is 1. The van der Waals surface area contributed by atoms with Crippen molar-refractivity contribution in [3.63, 3.8) is 0 Å². The maximum Gasteiger partial charge on any atom is 0.439 e. The lowest BCUT2D eigenvalue weighted by molar-refractivity contribution is 0.101. The van der Waals surface area contributed by atoms with Gasteiger partial charge in [0, 0.05) is 24.0 Å². The summed E-state index contributed by atoms with van der Waals surface area (Å²) in [4.78, 5) is 38.1. The predicted octanol–water partition coefficient (Wildman–Crippen LogP) is 2.95. The zero-order chi connectivity index (χ0) is 23.1. The molecule has 1 saturated heterocycles. The first-order chi connectivity index (χ1) is 15.9. The lowest BCUT2D eigenvalue weighted by Gasteiger charge is -2.25. The van der Waals surface area contributed by atoms with Gasteiger partial charge < -0.3 is 19.8 Å². The Morgan fingerprint density at radius 3 is 2.48 bits per heavy atom. The summed E-state index contributed by atoms with van der Waals surface area (Å²) in [6, 6.07) is 8.36. The number of carbonyl (C=O) groups is 1. The average molecular weight is 489 g/mol. The van der Waals surface area contributed by atoms with Crippen molar-refractivity contribution in [3.8, 4) is 5.69 Å². The van der Waals surface area contributed by atoms with Crippen LogP contribution in [0.15, 0.2) is 50.6 Å². The molecule has 5 rings (SSSR count).